The zero-order valence-electron chi connectivity index (χ0n) is 10.7. The molecule has 1 rings (SSSR count). The molecular formula is C13H14BrClO4. The number of esters is 1. The largest absolute Gasteiger partial charge is 0.480 e. The summed E-state index contributed by atoms with van der Waals surface area (Å²) >= 11 is 9.13. The molecule has 6 heteroatoms. The van der Waals surface area contributed by atoms with Crippen molar-refractivity contribution < 1.29 is 19.1 Å². The first-order valence-electron chi connectivity index (χ1n) is 5.67. The van der Waals surface area contributed by atoms with Gasteiger partial charge in [-0.3, -0.25) is 4.79 Å². The van der Waals surface area contributed by atoms with E-state index in [9.17, 15) is 9.59 Å². The zero-order valence-corrected chi connectivity index (χ0v) is 13.0. The minimum atomic E-state index is -0.461. The van der Waals surface area contributed by atoms with Crippen LogP contribution in [0.2, 0.25) is 5.02 Å². The highest BCUT2D eigenvalue weighted by Gasteiger charge is 2.13. The number of carbonyl (C=O) groups is 2. The summed E-state index contributed by atoms with van der Waals surface area (Å²) in [5, 5.41) is 0.520. The summed E-state index contributed by atoms with van der Waals surface area (Å²) in [5.41, 5.74) is 1.28. The van der Waals surface area contributed by atoms with Gasteiger partial charge in [0.2, 0.25) is 0 Å². The van der Waals surface area contributed by atoms with Crippen molar-refractivity contribution in [2.45, 2.75) is 13.8 Å². The van der Waals surface area contributed by atoms with Crippen LogP contribution in [-0.2, 0) is 9.53 Å². The molecule has 0 radical (unpaired) electrons. The van der Waals surface area contributed by atoms with E-state index < -0.39 is 5.97 Å². The second-order valence-corrected chi connectivity index (χ2v) is 4.72. The van der Waals surface area contributed by atoms with E-state index in [1.165, 1.54) is 0 Å². The maximum Gasteiger partial charge on any atom is 0.344 e. The molecule has 0 aliphatic rings. The normalized spacial score (nSPS) is 10.1. The van der Waals surface area contributed by atoms with E-state index in [1.807, 2.05) is 0 Å². The molecule has 0 saturated heterocycles. The van der Waals surface area contributed by atoms with Crippen LogP contribution in [0.4, 0.5) is 0 Å². The summed E-state index contributed by atoms with van der Waals surface area (Å²) in [6.45, 7) is 3.59. The minimum absolute atomic E-state index is 0.0589. The third kappa shape index (κ3) is 4.51. The number of hydrogen-bond donors (Lipinski definition) is 0. The second kappa shape index (κ2) is 7.50. The van der Waals surface area contributed by atoms with Gasteiger partial charge in [0.15, 0.2) is 12.4 Å². The fourth-order valence-corrected chi connectivity index (χ4v) is 2.00. The molecule has 1 aromatic rings. The topological polar surface area (TPSA) is 52.6 Å². The fraction of sp³-hybridized carbons (Fsp3) is 0.385. The Morgan fingerprint density at radius 1 is 1.37 bits per heavy atom. The van der Waals surface area contributed by atoms with Crippen LogP contribution in [0.25, 0.3) is 0 Å². The average molecular weight is 350 g/mol. The number of Topliss-reactive ketones (excluding diaryl/α,β-unsaturated/α-hetero) is 1. The highest BCUT2D eigenvalue weighted by molar-refractivity contribution is 9.09. The monoisotopic (exact) mass is 348 g/mol. The van der Waals surface area contributed by atoms with E-state index in [1.54, 1.807) is 26.0 Å². The summed E-state index contributed by atoms with van der Waals surface area (Å²) in [6, 6.07) is 3.18. The van der Waals surface area contributed by atoms with Crippen LogP contribution in [-0.4, -0.2) is 30.3 Å². The lowest BCUT2D eigenvalue weighted by molar-refractivity contribution is -0.145. The summed E-state index contributed by atoms with van der Waals surface area (Å²) in [6.07, 6.45) is 0. The lowest BCUT2D eigenvalue weighted by Gasteiger charge is -2.11. The van der Waals surface area contributed by atoms with E-state index in [-0.39, 0.29) is 17.7 Å². The van der Waals surface area contributed by atoms with Crippen LogP contribution in [0.15, 0.2) is 12.1 Å². The Bertz CT molecular complexity index is 488. The highest BCUT2D eigenvalue weighted by Crippen LogP contribution is 2.28. The van der Waals surface area contributed by atoms with E-state index in [0.717, 1.165) is 5.56 Å². The van der Waals surface area contributed by atoms with Gasteiger partial charge >= 0.3 is 5.97 Å². The Labute approximate surface area is 125 Å². The molecule has 0 amide bonds. The number of hydrogen-bond acceptors (Lipinski definition) is 4. The van der Waals surface area contributed by atoms with Gasteiger partial charge in [0.05, 0.1) is 17.0 Å². The molecular weight excluding hydrogens is 335 g/mol. The van der Waals surface area contributed by atoms with Crippen molar-refractivity contribution in [3.63, 3.8) is 0 Å². The van der Waals surface area contributed by atoms with Gasteiger partial charge in [-0.2, -0.15) is 0 Å². The molecule has 0 unspecified atom stereocenters. The van der Waals surface area contributed by atoms with Gasteiger partial charge in [0.25, 0.3) is 0 Å². The number of ether oxygens (including phenoxy) is 2. The second-order valence-electron chi connectivity index (χ2n) is 3.75. The van der Waals surface area contributed by atoms with E-state index in [4.69, 9.17) is 21.1 Å². The van der Waals surface area contributed by atoms with Crippen LogP contribution in [0.5, 0.6) is 5.75 Å². The van der Waals surface area contributed by atoms with Crippen LogP contribution >= 0.6 is 27.5 Å². The molecule has 0 bridgehead atoms. The molecule has 0 aromatic heterocycles. The van der Waals surface area contributed by atoms with Crippen molar-refractivity contribution in [1.29, 1.82) is 0 Å². The standard InChI is InChI=1S/C13H14BrClO4/c1-3-18-13(17)7-19-12-4-8(2)9(5-10(12)15)11(16)6-14/h4-5H,3,6-7H2,1-2H3. The number of aryl methyl sites for hydroxylation is 1. The number of alkyl halides is 1. The summed E-state index contributed by atoms with van der Waals surface area (Å²) in [7, 11) is 0. The van der Waals surface area contributed by atoms with Gasteiger partial charge in [-0.15, -0.1) is 0 Å². The van der Waals surface area contributed by atoms with Gasteiger partial charge in [0, 0.05) is 5.56 Å². The SMILES string of the molecule is CCOC(=O)COc1cc(C)c(C(=O)CBr)cc1Cl. The minimum Gasteiger partial charge on any atom is -0.480 e. The summed E-state index contributed by atoms with van der Waals surface area (Å²) in [5.74, 6) is -0.161. The first kappa shape index (κ1) is 16.0. The predicted octanol–water partition coefficient (Wildman–Crippen LogP) is 3.17. The Hall–Kier alpha value is -1.07. The van der Waals surface area contributed by atoms with Gasteiger partial charge < -0.3 is 9.47 Å². The molecule has 0 aliphatic heterocycles. The molecule has 4 nitrogen and oxygen atoms in total. The third-order valence-corrected chi connectivity index (χ3v) is 3.16. The zero-order chi connectivity index (χ0) is 14.4. The molecule has 0 saturated carbocycles. The number of carbonyl (C=O) groups excluding carboxylic acids is 2. The molecule has 19 heavy (non-hydrogen) atoms. The molecule has 0 aliphatic carbocycles. The van der Waals surface area contributed by atoms with Crippen molar-refractivity contribution in [1.82, 2.24) is 0 Å². The van der Waals surface area contributed by atoms with Crippen molar-refractivity contribution >= 4 is 39.3 Å². The van der Waals surface area contributed by atoms with Gasteiger partial charge in [-0.25, -0.2) is 4.79 Å². The maximum absolute atomic E-state index is 11.6. The lowest BCUT2D eigenvalue weighted by Crippen LogP contribution is -2.15. The third-order valence-electron chi connectivity index (χ3n) is 2.35. The van der Waals surface area contributed by atoms with Crippen molar-refractivity contribution in [3.05, 3.63) is 28.3 Å². The number of ketones is 1. The van der Waals surface area contributed by atoms with Crippen molar-refractivity contribution in [3.8, 4) is 5.75 Å². The molecule has 0 spiro atoms. The molecule has 0 heterocycles. The Morgan fingerprint density at radius 3 is 2.63 bits per heavy atom. The van der Waals surface area contributed by atoms with E-state index in [0.29, 0.717) is 22.9 Å². The van der Waals surface area contributed by atoms with Gasteiger partial charge in [-0.1, -0.05) is 27.5 Å². The van der Waals surface area contributed by atoms with Crippen LogP contribution in [0, 0.1) is 6.92 Å². The quantitative estimate of drug-likeness (QED) is 0.450. The highest BCUT2D eigenvalue weighted by atomic mass is 79.9. The van der Waals surface area contributed by atoms with Crippen molar-refractivity contribution in [2.75, 3.05) is 18.5 Å². The average Bonchev–Trinajstić information content (AvgIpc) is 2.38. The Balaban J connectivity index is 2.84. The number of benzene rings is 1. The molecule has 0 atom stereocenters. The van der Waals surface area contributed by atoms with E-state index in [2.05, 4.69) is 15.9 Å². The van der Waals surface area contributed by atoms with Gasteiger partial charge in [-0.05, 0) is 31.5 Å². The molecule has 0 N–H and O–H groups in total. The van der Waals surface area contributed by atoms with Crippen LogP contribution < -0.4 is 4.74 Å². The fourth-order valence-electron chi connectivity index (χ4n) is 1.48. The summed E-state index contributed by atoms with van der Waals surface area (Å²) in [4.78, 5) is 22.8. The smallest absolute Gasteiger partial charge is 0.344 e. The predicted molar refractivity (Wildman–Crippen MR) is 76.4 cm³/mol. The van der Waals surface area contributed by atoms with Crippen molar-refractivity contribution in [2.24, 2.45) is 0 Å². The Kier molecular flexibility index (Phi) is 6.31. The molecule has 0 fully saturated rings. The lowest BCUT2D eigenvalue weighted by atomic mass is 10.1. The molecule has 1 aromatic carbocycles. The van der Waals surface area contributed by atoms with E-state index >= 15 is 0 Å². The van der Waals surface area contributed by atoms with Crippen LogP contribution in [0.3, 0.4) is 0 Å². The summed E-state index contributed by atoms with van der Waals surface area (Å²) < 4.78 is 10.0. The van der Waals surface area contributed by atoms with Crippen LogP contribution in [0.1, 0.15) is 22.8 Å². The van der Waals surface area contributed by atoms with Gasteiger partial charge in [0.1, 0.15) is 5.75 Å². The first-order chi connectivity index (χ1) is 8.99. The number of halogens is 2. The maximum atomic E-state index is 11.6. The Morgan fingerprint density at radius 2 is 2.05 bits per heavy atom. The number of rotatable bonds is 6. The molecule has 104 valence electrons. The first-order valence-corrected chi connectivity index (χ1v) is 7.17.